The lowest BCUT2D eigenvalue weighted by atomic mass is 10.1. The van der Waals surface area contributed by atoms with Crippen molar-refractivity contribution in [1.29, 1.82) is 0 Å². The predicted molar refractivity (Wildman–Crippen MR) is 74.2 cm³/mol. The number of carbonyl (C=O) groups excluding carboxylic acids is 1. The molecule has 6 heteroatoms. The van der Waals surface area contributed by atoms with Gasteiger partial charge < -0.3 is 14.0 Å². The maximum absolute atomic E-state index is 12.4. The van der Waals surface area contributed by atoms with Crippen LogP contribution in [0, 0.1) is 6.92 Å². The molecule has 0 N–H and O–H groups in total. The number of carbonyl (C=O) groups is 1. The highest BCUT2D eigenvalue weighted by atomic mass is 16.5. The van der Waals surface area contributed by atoms with Gasteiger partial charge in [0.1, 0.15) is 11.2 Å². The van der Waals surface area contributed by atoms with Crippen LogP contribution in [0.15, 0.2) is 17.1 Å². The van der Waals surface area contributed by atoms with E-state index in [9.17, 15) is 9.59 Å². The normalized spacial score (nSPS) is 10.6. The summed E-state index contributed by atoms with van der Waals surface area (Å²) in [6.45, 7) is 3.71. The Balaban J connectivity index is 2.76. The molecule has 2 aromatic rings. The summed E-state index contributed by atoms with van der Waals surface area (Å²) >= 11 is 0. The average molecular weight is 276 g/mol. The number of ether oxygens (including phenoxy) is 2. The highest BCUT2D eigenvalue weighted by Gasteiger charge is 2.17. The van der Waals surface area contributed by atoms with Crippen LogP contribution in [-0.4, -0.2) is 29.2 Å². The monoisotopic (exact) mass is 276 g/mol. The van der Waals surface area contributed by atoms with Gasteiger partial charge in [-0.2, -0.15) is 4.98 Å². The standard InChI is InChI=1S/C14H16N2O4/c1-5-20-14(18)10-7-16(3)12-9(11(10)17)6-8(2)13(15-12)19-4/h6-7H,5H2,1-4H3. The summed E-state index contributed by atoms with van der Waals surface area (Å²) in [6.07, 6.45) is 1.43. The summed E-state index contributed by atoms with van der Waals surface area (Å²) in [6, 6.07) is 1.67. The number of fused-ring (bicyclic) bond motifs is 1. The van der Waals surface area contributed by atoms with Gasteiger partial charge in [0.2, 0.25) is 11.3 Å². The van der Waals surface area contributed by atoms with Crippen molar-refractivity contribution in [1.82, 2.24) is 9.55 Å². The summed E-state index contributed by atoms with van der Waals surface area (Å²) in [7, 11) is 3.23. The Morgan fingerprint density at radius 2 is 2.15 bits per heavy atom. The van der Waals surface area contributed by atoms with Gasteiger partial charge in [-0.1, -0.05) is 0 Å². The summed E-state index contributed by atoms with van der Waals surface area (Å²) in [5, 5.41) is 0.372. The van der Waals surface area contributed by atoms with Crippen molar-refractivity contribution in [3.8, 4) is 5.88 Å². The second kappa shape index (κ2) is 5.32. The van der Waals surface area contributed by atoms with Crippen molar-refractivity contribution in [3.63, 3.8) is 0 Å². The fraction of sp³-hybridized carbons (Fsp3) is 0.357. The minimum atomic E-state index is -0.622. The second-order valence-corrected chi connectivity index (χ2v) is 4.39. The first-order chi connectivity index (χ1) is 9.49. The third-order valence-corrected chi connectivity index (χ3v) is 2.98. The first-order valence-electron chi connectivity index (χ1n) is 6.21. The number of aromatic nitrogens is 2. The van der Waals surface area contributed by atoms with E-state index in [2.05, 4.69) is 4.98 Å². The molecule has 0 atom stereocenters. The van der Waals surface area contributed by atoms with E-state index in [4.69, 9.17) is 9.47 Å². The fourth-order valence-corrected chi connectivity index (χ4v) is 2.04. The number of methoxy groups -OCH3 is 1. The molecule has 2 rings (SSSR count). The summed E-state index contributed by atoms with van der Waals surface area (Å²) in [5.41, 5.74) is 0.826. The lowest BCUT2D eigenvalue weighted by Crippen LogP contribution is -2.20. The molecule has 0 aromatic carbocycles. The number of esters is 1. The third kappa shape index (κ3) is 2.24. The number of hydrogen-bond acceptors (Lipinski definition) is 5. The Morgan fingerprint density at radius 1 is 1.45 bits per heavy atom. The first kappa shape index (κ1) is 14.0. The van der Waals surface area contributed by atoms with Crippen molar-refractivity contribution in [2.75, 3.05) is 13.7 Å². The molecule has 20 heavy (non-hydrogen) atoms. The molecule has 0 amide bonds. The predicted octanol–water partition coefficient (Wildman–Crippen LogP) is 1.43. The molecule has 0 unspecified atom stereocenters. The molecule has 0 spiro atoms. The van der Waals surface area contributed by atoms with Crippen molar-refractivity contribution < 1.29 is 14.3 Å². The Hall–Kier alpha value is -2.37. The topological polar surface area (TPSA) is 70.4 Å². The molecule has 0 saturated carbocycles. The number of rotatable bonds is 3. The number of aryl methyl sites for hydroxylation is 2. The van der Waals surface area contributed by atoms with Gasteiger partial charge in [0.15, 0.2) is 0 Å². The lowest BCUT2D eigenvalue weighted by molar-refractivity contribution is 0.0524. The van der Waals surface area contributed by atoms with Crippen molar-refractivity contribution >= 4 is 17.0 Å². The largest absolute Gasteiger partial charge is 0.481 e. The molecule has 2 heterocycles. The molecule has 0 fully saturated rings. The van der Waals surface area contributed by atoms with Gasteiger partial charge in [-0.3, -0.25) is 4.79 Å². The van der Waals surface area contributed by atoms with Gasteiger partial charge >= 0.3 is 5.97 Å². The van der Waals surface area contributed by atoms with Crippen LogP contribution in [0.25, 0.3) is 11.0 Å². The summed E-state index contributed by atoms with van der Waals surface area (Å²) < 4.78 is 11.7. The van der Waals surface area contributed by atoms with Crippen LogP contribution < -0.4 is 10.2 Å². The minimum absolute atomic E-state index is 0.00761. The fourth-order valence-electron chi connectivity index (χ4n) is 2.04. The minimum Gasteiger partial charge on any atom is -0.481 e. The van der Waals surface area contributed by atoms with Crippen LogP contribution in [0.4, 0.5) is 0 Å². The zero-order valence-electron chi connectivity index (χ0n) is 11.9. The maximum atomic E-state index is 12.4. The zero-order valence-corrected chi connectivity index (χ0v) is 11.9. The zero-order chi connectivity index (χ0) is 14.9. The van der Waals surface area contributed by atoms with Gasteiger partial charge in [-0.05, 0) is 19.9 Å². The molecule has 2 aromatic heterocycles. The van der Waals surface area contributed by atoms with Crippen LogP contribution in [0.5, 0.6) is 5.88 Å². The van der Waals surface area contributed by atoms with Crippen LogP contribution in [0.1, 0.15) is 22.8 Å². The van der Waals surface area contributed by atoms with Crippen molar-refractivity contribution in [2.24, 2.45) is 7.05 Å². The van der Waals surface area contributed by atoms with Gasteiger partial charge in [0.05, 0.1) is 19.1 Å². The number of hydrogen-bond donors (Lipinski definition) is 0. The van der Waals surface area contributed by atoms with E-state index in [1.54, 1.807) is 31.5 Å². The quantitative estimate of drug-likeness (QED) is 0.793. The molecular formula is C14H16N2O4. The van der Waals surface area contributed by atoms with E-state index in [1.807, 2.05) is 0 Å². The molecule has 0 aliphatic carbocycles. The molecule has 0 saturated heterocycles. The summed E-state index contributed by atoms with van der Waals surface area (Å²) in [5.74, 6) is -0.167. The Kier molecular flexibility index (Phi) is 3.74. The lowest BCUT2D eigenvalue weighted by Gasteiger charge is -2.10. The van der Waals surface area contributed by atoms with E-state index >= 15 is 0 Å². The highest BCUT2D eigenvalue weighted by Crippen LogP contribution is 2.19. The molecule has 0 aliphatic rings. The van der Waals surface area contributed by atoms with Gasteiger partial charge in [-0.15, -0.1) is 0 Å². The molecule has 106 valence electrons. The van der Waals surface area contributed by atoms with E-state index < -0.39 is 5.97 Å². The van der Waals surface area contributed by atoms with Crippen LogP contribution in [0.3, 0.4) is 0 Å². The molecule has 0 aliphatic heterocycles. The van der Waals surface area contributed by atoms with Crippen LogP contribution >= 0.6 is 0 Å². The smallest absolute Gasteiger partial charge is 0.343 e. The number of nitrogens with zero attached hydrogens (tertiary/aromatic N) is 2. The summed E-state index contributed by atoms with van der Waals surface area (Å²) in [4.78, 5) is 28.4. The van der Waals surface area contributed by atoms with Crippen LogP contribution in [0.2, 0.25) is 0 Å². The second-order valence-electron chi connectivity index (χ2n) is 4.39. The van der Waals surface area contributed by atoms with E-state index in [0.717, 1.165) is 5.56 Å². The van der Waals surface area contributed by atoms with Gasteiger partial charge in [-0.25, -0.2) is 4.79 Å². The van der Waals surface area contributed by atoms with E-state index in [-0.39, 0.29) is 17.6 Å². The van der Waals surface area contributed by atoms with E-state index in [0.29, 0.717) is 16.9 Å². The van der Waals surface area contributed by atoms with Gasteiger partial charge in [0, 0.05) is 18.8 Å². The maximum Gasteiger partial charge on any atom is 0.343 e. The first-order valence-corrected chi connectivity index (χ1v) is 6.21. The molecule has 0 bridgehead atoms. The highest BCUT2D eigenvalue weighted by molar-refractivity contribution is 5.93. The Bertz CT molecular complexity index is 734. The molecule has 6 nitrogen and oxygen atoms in total. The third-order valence-electron chi connectivity index (χ3n) is 2.98. The van der Waals surface area contributed by atoms with Crippen molar-refractivity contribution in [2.45, 2.75) is 13.8 Å². The van der Waals surface area contributed by atoms with E-state index in [1.165, 1.54) is 13.3 Å². The molecule has 0 radical (unpaired) electrons. The van der Waals surface area contributed by atoms with Gasteiger partial charge in [0.25, 0.3) is 0 Å². The van der Waals surface area contributed by atoms with Crippen molar-refractivity contribution in [3.05, 3.63) is 33.6 Å². The van der Waals surface area contributed by atoms with Crippen LogP contribution in [-0.2, 0) is 11.8 Å². The average Bonchev–Trinajstić information content (AvgIpc) is 2.42. The SMILES string of the molecule is CCOC(=O)c1cn(C)c2nc(OC)c(C)cc2c1=O. The number of pyridine rings is 2. The Morgan fingerprint density at radius 3 is 2.75 bits per heavy atom. The Labute approximate surface area is 116 Å². The molecular weight excluding hydrogens is 260 g/mol.